The Balaban J connectivity index is 2.13. The summed E-state index contributed by atoms with van der Waals surface area (Å²) in [7, 11) is 3.99. The van der Waals surface area contributed by atoms with E-state index in [9.17, 15) is 4.39 Å². The summed E-state index contributed by atoms with van der Waals surface area (Å²) in [6.45, 7) is 4.78. The number of nitrogens with zero attached hydrogens (tertiary/aromatic N) is 1. The van der Waals surface area contributed by atoms with E-state index in [1.165, 1.54) is 0 Å². The number of hydrogen-bond donors (Lipinski definition) is 1. The van der Waals surface area contributed by atoms with Crippen LogP contribution in [0.4, 0.5) is 10.1 Å². The smallest absolute Gasteiger partial charge is 0.123 e. The summed E-state index contributed by atoms with van der Waals surface area (Å²) < 4.78 is 18.9. The van der Waals surface area contributed by atoms with Gasteiger partial charge in [-0.2, -0.15) is 0 Å². The first-order chi connectivity index (χ1) is 9.61. The van der Waals surface area contributed by atoms with Gasteiger partial charge in [-0.3, -0.25) is 0 Å². The predicted octanol–water partition coefficient (Wildman–Crippen LogP) is 2.97. The molecule has 1 aliphatic rings. The summed E-state index contributed by atoms with van der Waals surface area (Å²) in [5.74, 6) is 0.488. The van der Waals surface area contributed by atoms with Crippen molar-refractivity contribution in [3.8, 4) is 0 Å². The van der Waals surface area contributed by atoms with Crippen molar-refractivity contribution in [2.45, 2.75) is 25.8 Å². The molecule has 0 aliphatic carbocycles. The van der Waals surface area contributed by atoms with Gasteiger partial charge in [-0.05, 0) is 56.5 Å². The predicted molar refractivity (Wildman–Crippen MR) is 80.7 cm³/mol. The lowest BCUT2D eigenvalue weighted by atomic mass is 9.98. The van der Waals surface area contributed by atoms with Crippen LogP contribution in [0.25, 0.3) is 0 Å². The molecule has 0 saturated carbocycles. The van der Waals surface area contributed by atoms with Crippen molar-refractivity contribution < 1.29 is 9.13 Å². The highest BCUT2D eigenvalue weighted by Crippen LogP contribution is 2.28. The zero-order chi connectivity index (χ0) is 14.5. The van der Waals surface area contributed by atoms with Crippen molar-refractivity contribution in [2.24, 2.45) is 5.92 Å². The van der Waals surface area contributed by atoms with Gasteiger partial charge in [-0.1, -0.05) is 0 Å². The average Bonchev–Trinajstić information content (AvgIpc) is 2.47. The third-order valence-corrected chi connectivity index (χ3v) is 4.17. The summed E-state index contributed by atoms with van der Waals surface area (Å²) >= 11 is 0. The van der Waals surface area contributed by atoms with Crippen molar-refractivity contribution in [1.29, 1.82) is 0 Å². The minimum atomic E-state index is -0.176. The molecule has 1 N–H and O–H groups in total. The highest BCUT2D eigenvalue weighted by Gasteiger charge is 2.19. The number of anilines is 1. The topological polar surface area (TPSA) is 24.5 Å². The first-order valence-corrected chi connectivity index (χ1v) is 7.37. The Morgan fingerprint density at radius 2 is 2.10 bits per heavy atom. The molecule has 20 heavy (non-hydrogen) atoms. The van der Waals surface area contributed by atoms with Crippen molar-refractivity contribution in [2.75, 3.05) is 38.8 Å². The molecule has 3 nitrogen and oxygen atoms in total. The molecule has 0 aromatic heterocycles. The van der Waals surface area contributed by atoms with Gasteiger partial charge in [0.2, 0.25) is 0 Å². The van der Waals surface area contributed by atoms with Crippen molar-refractivity contribution in [1.82, 2.24) is 5.32 Å². The Morgan fingerprint density at radius 3 is 2.75 bits per heavy atom. The van der Waals surface area contributed by atoms with E-state index < -0.39 is 0 Å². The summed E-state index contributed by atoms with van der Waals surface area (Å²) in [6.07, 6.45) is 2.23. The van der Waals surface area contributed by atoms with E-state index in [1.54, 1.807) is 12.1 Å². The molecule has 1 aliphatic heterocycles. The molecule has 0 radical (unpaired) electrons. The second kappa shape index (κ2) is 7.04. The minimum Gasteiger partial charge on any atom is -0.381 e. The van der Waals surface area contributed by atoms with Gasteiger partial charge >= 0.3 is 0 Å². The molecular weight excluding hydrogens is 255 g/mol. The van der Waals surface area contributed by atoms with Crippen LogP contribution in [-0.4, -0.2) is 33.9 Å². The Hall–Kier alpha value is -1.13. The number of benzene rings is 1. The van der Waals surface area contributed by atoms with Gasteiger partial charge in [0.15, 0.2) is 0 Å². The molecule has 1 unspecified atom stereocenters. The van der Waals surface area contributed by atoms with E-state index in [-0.39, 0.29) is 11.9 Å². The molecule has 1 atom stereocenters. The zero-order valence-electron chi connectivity index (χ0n) is 12.7. The van der Waals surface area contributed by atoms with Gasteiger partial charge in [0.1, 0.15) is 5.82 Å². The fourth-order valence-corrected chi connectivity index (χ4v) is 2.79. The van der Waals surface area contributed by atoms with Crippen LogP contribution in [0, 0.1) is 11.7 Å². The fourth-order valence-electron chi connectivity index (χ4n) is 2.79. The van der Waals surface area contributed by atoms with Crippen molar-refractivity contribution in [3.05, 3.63) is 29.6 Å². The molecule has 0 amide bonds. The van der Waals surface area contributed by atoms with Crippen LogP contribution in [0.2, 0.25) is 0 Å². The molecule has 1 saturated heterocycles. The summed E-state index contributed by atoms with van der Waals surface area (Å²) in [4.78, 5) is 2.25. The molecule has 0 bridgehead atoms. The van der Waals surface area contributed by atoms with Gasteiger partial charge in [-0.25, -0.2) is 4.39 Å². The minimum absolute atomic E-state index is 0.137. The average molecular weight is 280 g/mol. The number of ether oxygens (including phenoxy) is 1. The second-order valence-corrected chi connectivity index (χ2v) is 5.65. The van der Waals surface area contributed by atoms with E-state index >= 15 is 0 Å². The zero-order valence-corrected chi connectivity index (χ0v) is 12.7. The number of halogens is 1. The summed E-state index contributed by atoms with van der Waals surface area (Å²) in [6, 6.07) is 5.20. The molecule has 1 aromatic carbocycles. The lowest BCUT2D eigenvalue weighted by Gasteiger charge is -2.30. The maximum atomic E-state index is 13.5. The second-order valence-electron chi connectivity index (χ2n) is 5.65. The molecule has 1 fully saturated rings. The van der Waals surface area contributed by atoms with E-state index in [4.69, 9.17) is 4.74 Å². The third kappa shape index (κ3) is 3.70. The molecule has 4 heteroatoms. The first kappa shape index (κ1) is 15.3. The van der Waals surface area contributed by atoms with Crippen LogP contribution in [-0.2, 0) is 4.74 Å². The van der Waals surface area contributed by atoms with Crippen molar-refractivity contribution in [3.63, 3.8) is 0 Å². The molecule has 1 aromatic rings. The van der Waals surface area contributed by atoms with Crippen LogP contribution >= 0.6 is 0 Å². The van der Waals surface area contributed by atoms with Gasteiger partial charge < -0.3 is 15.0 Å². The Morgan fingerprint density at radius 1 is 1.40 bits per heavy atom. The van der Waals surface area contributed by atoms with Gasteiger partial charge in [0, 0.05) is 38.5 Å². The molecule has 2 rings (SSSR count). The number of nitrogens with one attached hydrogen (secondary N) is 1. The third-order valence-electron chi connectivity index (χ3n) is 4.17. The molecular formula is C16H25FN2O. The van der Waals surface area contributed by atoms with Crippen LogP contribution in [0.15, 0.2) is 18.2 Å². The van der Waals surface area contributed by atoms with Gasteiger partial charge in [0.25, 0.3) is 0 Å². The summed E-state index contributed by atoms with van der Waals surface area (Å²) in [5, 5.41) is 3.19. The fraction of sp³-hybridized carbons (Fsp3) is 0.625. The maximum absolute atomic E-state index is 13.5. The quantitative estimate of drug-likeness (QED) is 0.897. The van der Waals surface area contributed by atoms with Crippen LogP contribution in [0.3, 0.4) is 0 Å². The lowest BCUT2D eigenvalue weighted by molar-refractivity contribution is 0.0685. The molecule has 0 spiro atoms. The van der Waals surface area contributed by atoms with E-state index in [0.29, 0.717) is 5.92 Å². The number of hydrogen-bond acceptors (Lipinski definition) is 3. The Bertz CT molecular complexity index is 432. The van der Waals surface area contributed by atoms with Crippen LogP contribution < -0.4 is 10.2 Å². The van der Waals surface area contributed by atoms with Crippen LogP contribution in [0.1, 0.15) is 31.4 Å². The maximum Gasteiger partial charge on any atom is 0.123 e. The molecule has 112 valence electrons. The normalized spacial score (nSPS) is 18.0. The molecule has 1 heterocycles. The Labute approximate surface area is 121 Å². The van der Waals surface area contributed by atoms with E-state index in [2.05, 4.69) is 24.2 Å². The number of rotatable bonds is 5. The Kier molecular flexibility index (Phi) is 5.38. The standard InChI is InChI=1S/C16H25FN2O/c1-12(18-2)15-10-14(17)4-5-16(15)19(3)11-13-6-8-20-9-7-13/h4-5,10,12-13,18H,6-9,11H2,1-3H3. The first-order valence-electron chi connectivity index (χ1n) is 7.37. The van der Waals surface area contributed by atoms with Gasteiger partial charge in [0.05, 0.1) is 0 Å². The summed E-state index contributed by atoms with van der Waals surface area (Å²) in [5.41, 5.74) is 2.13. The lowest BCUT2D eigenvalue weighted by Crippen LogP contribution is -2.30. The van der Waals surface area contributed by atoms with Crippen molar-refractivity contribution >= 4 is 5.69 Å². The monoisotopic (exact) mass is 280 g/mol. The van der Waals surface area contributed by atoms with Crippen LogP contribution in [0.5, 0.6) is 0 Å². The van der Waals surface area contributed by atoms with E-state index in [1.807, 2.05) is 13.1 Å². The highest BCUT2D eigenvalue weighted by atomic mass is 19.1. The van der Waals surface area contributed by atoms with Gasteiger partial charge in [-0.15, -0.1) is 0 Å². The van der Waals surface area contributed by atoms with E-state index in [0.717, 1.165) is 43.9 Å². The SMILES string of the molecule is CNC(C)c1cc(F)ccc1N(C)CC1CCOCC1. The largest absolute Gasteiger partial charge is 0.381 e. The highest BCUT2D eigenvalue weighted by molar-refractivity contribution is 5.54.